The third kappa shape index (κ3) is 6.78. The third-order valence-electron chi connectivity index (χ3n) is 6.00. The van der Waals surface area contributed by atoms with Crippen molar-refractivity contribution in [3.8, 4) is 0 Å². The molecule has 0 aliphatic rings. The summed E-state index contributed by atoms with van der Waals surface area (Å²) in [5, 5.41) is 3.06. The average Bonchev–Trinajstić information content (AvgIpc) is 2.86. The Balaban J connectivity index is 1.50. The minimum absolute atomic E-state index is 0.0124. The van der Waals surface area contributed by atoms with Crippen molar-refractivity contribution in [1.82, 2.24) is 0 Å². The van der Waals surface area contributed by atoms with Crippen molar-refractivity contribution in [3.05, 3.63) is 112 Å². The van der Waals surface area contributed by atoms with Crippen LogP contribution in [0.1, 0.15) is 27.0 Å². The van der Waals surface area contributed by atoms with Gasteiger partial charge in [-0.05, 0) is 104 Å². The van der Waals surface area contributed by atoms with Crippen LogP contribution in [-0.4, -0.2) is 22.7 Å². The summed E-state index contributed by atoms with van der Waals surface area (Å²) < 4.78 is 56.6. The molecule has 0 aliphatic heterocycles. The Hall–Kier alpha value is -3.86. The Morgan fingerprint density at radius 2 is 1.26 bits per heavy atom. The predicted molar refractivity (Wildman–Crippen MR) is 155 cm³/mol. The second-order valence-corrected chi connectivity index (χ2v) is 12.7. The minimum Gasteiger partial charge on any atom is -0.322 e. The molecular formula is C28H26ClN3O5S2. The maximum absolute atomic E-state index is 13.1. The summed E-state index contributed by atoms with van der Waals surface area (Å²) in [6.07, 6.45) is 0. The molecule has 0 saturated carbocycles. The molecule has 0 aliphatic carbocycles. The number of sulfonamides is 2. The van der Waals surface area contributed by atoms with Crippen LogP contribution in [0.4, 0.5) is 17.1 Å². The molecule has 0 spiro atoms. The Morgan fingerprint density at radius 1 is 0.641 bits per heavy atom. The van der Waals surface area contributed by atoms with E-state index >= 15 is 0 Å². The van der Waals surface area contributed by atoms with Gasteiger partial charge in [0.1, 0.15) is 0 Å². The van der Waals surface area contributed by atoms with E-state index < -0.39 is 26.0 Å². The maximum atomic E-state index is 13.1. The number of carbonyl (C=O) groups is 1. The smallest absolute Gasteiger partial charge is 0.262 e. The molecule has 0 heterocycles. The monoisotopic (exact) mass is 583 g/mol. The van der Waals surface area contributed by atoms with E-state index in [1.165, 1.54) is 42.5 Å². The number of aryl methyl sites for hydroxylation is 3. The van der Waals surface area contributed by atoms with Gasteiger partial charge >= 0.3 is 0 Å². The molecule has 4 aromatic carbocycles. The summed E-state index contributed by atoms with van der Waals surface area (Å²) in [5.41, 5.74) is 3.66. The number of carbonyl (C=O) groups excluding carboxylic acids is 1. The van der Waals surface area contributed by atoms with Crippen LogP contribution >= 0.6 is 11.6 Å². The van der Waals surface area contributed by atoms with E-state index in [0.717, 1.165) is 11.1 Å². The quantitative estimate of drug-likeness (QED) is 0.231. The molecule has 39 heavy (non-hydrogen) atoms. The zero-order chi connectivity index (χ0) is 28.4. The fourth-order valence-electron chi connectivity index (χ4n) is 3.73. The van der Waals surface area contributed by atoms with E-state index in [4.69, 9.17) is 11.6 Å². The molecular weight excluding hydrogens is 558 g/mol. The fraction of sp³-hybridized carbons (Fsp3) is 0.107. The van der Waals surface area contributed by atoms with Gasteiger partial charge in [-0.2, -0.15) is 0 Å². The van der Waals surface area contributed by atoms with Crippen LogP contribution < -0.4 is 14.8 Å². The van der Waals surface area contributed by atoms with Gasteiger partial charge in [-0.15, -0.1) is 0 Å². The number of benzene rings is 4. The molecule has 3 N–H and O–H groups in total. The van der Waals surface area contributed by atoms with E-state index in [-0.39, 0.29) is 15.4 Å². The lowest BCUT2D eigenvalue weighted by Crippen LogP contribution is -2.17. The maximum Gasteiger partial charge on any atom is 0.262 e. The molecule has 0 atom stereocenters. The van der Waals surface area contributed by atoms with Crippen LogP contribution in [0.3, 0.4) is 0 Å². The Kier molecular flexibility index (Phi) is 8.01. The van der Waals surface area contributed by atoms with Gasteiger partial charge in [-0.25, -0.2) is 16.8 Å². The topological polar surface area (TPSA) is 121 Å². The highest BCUT2D eigenvalue weighted by Gasteiger charge is 2.20. The molecule has 4 aromatic rings. The fourth-order valence-corrected chi connectivity index (χ4v) is 6.29. The summed E-state index contributed by atoms with van der Waals surface area (Å²) in [6.45, 7) is 5.47. The van der Waals surface area contributed by atoms with Crippen LogP contribution in [0, 0.1) is 20.8 Å². The highest BCUT2D eigenvalue weighted by atomic mass is 35.5. The van der Waals surface area contributed by atoms with Crippen molar-refractivity contribution in [1.29, 1.82) is 0 Å². The van der Waals surface area contributed by atoms with Crippen LogP contribution in [0.25, 0.3) is 0 Å². The van der Waals surface area contributed by atoms with E-state index in [0.29, 0.717) is 27.6 Å². The average molecular weight is 584 g/mol. The minimum atomic E-state index is -3.96. The zero-order valence-corrected chi connectivity index (χ0v) is 23.7. The lowest BCUT2D eigenvalue weighted by molar-refractivity contribution is 0.102. The first kappa shape index (κ1) is 28.2. The Labute approximate surface area is 233 Å². The number of amides is 1. The molecule has 0 bridgehead atoms. The first-order valence-electron chi connectivity index (χ1n) is 11.7. The van der Waals surface area contributed by atoms with Gasteiger partial charge in [-0.1, -0.05) is 29.8 Å². The van der Waals surface area contributed by atoms with E-state index in [1.54, 1.807) is 43.3 Å². The Morgan fingerprint density at radius 3 is 1.92 bits per heavy atom. The second kappa shape index (κ2) is 11.1. The lowest BCUT2D eigenvalue weighted by Gasteiger charge is -2.13. The second-order valence-electron chi connectivity index (χ2n) is 8.98. The molecule has 0 fully saturated rings. The molecule has 1 amide bonds. The largest absolute Gasteiger partial charge is 0.322 e. The summed E-state index contributed by atoms with van der Waals surface area (Å²) in [4.78, 5) is 12.9. The number of hydrogen-bond acceptors (Lipinski definition) is 5. The summed E-state index contributed by atoms with van der Waals surface area (Å²) in [5.74, 6) is -0.551. The first-order chi connectivity index (χ1) is 18.3. The zero-order valence-electron chi connectivity index (χ0n) is 21.3. The summed E-state index contributed by atoms with van der Waals surface area (Å²) in [7, 11) is -7.85. The third-order valence-corrected chi connectivity index (χ3v) is 9.15. The molecule has 4 rings (SSSR count). The van der Waals surface area contributed by atoms with E-state index in [2.05, 4.69) is 14.8 Å². The SMILES string of the molecule is Cc1ccc(NS(=O)(=O)c2cc(C(=O)Nc3ccc(S(=O)(=O)Nc4cccc(Cl)c4)cc3)ccc2C)cc1C. The molecule has 0 saturated heterocycles. The summed E-state index contributed by atoms with van der Waals surface area (Å²) in [6, 6.07) is 21.5. The number of halogens is 1. The van der Waals surface area contributed by atoms with Crippen molar-refractivity contribution in [2.45, 2.75) is 30.6 Å². The molecule has 11 heteroatoms. The van der Waals surface area contributed by atoms with Gasteiger partial charge in [-0.3, -0.25) is 14.2 Å². The molecule has 0 unspecified atom stereocenters. The van der Waals surface area contributed by atoms with Crippen LogP contribution in [-0.2, 0) is 20.0 Å². The van der Waals surface area contributed by atoms with Crippen molar-refractivity contribution in [2.24, 2.45) is 0 Å². The lowest BCUT2D eigenvalue weighted by atomic mass is 10.1. The van der Waals surface area contributed by atoms with Crippen molar-refractivity contribution in [2.75, 3.05) is 14.8 Å². The van der Waals surface area contributed by atoms with Crippen LogP contribution in [0.2, 0.25) is 5.02 Å². The Bertz CT molecular complexity index is 1770. The van der Waals surface area contributed by atoms with E-state index in [9.17, 15) is 21.6 Å². The van der Waals surface area contributed by atoms with Gasteiger partial charge in [0.25, 0.3) is 26.0 Å². The number of hydrogen-bond donors (Lipinski definition) is 3. The van der Waals surface area contributed by atoms with E-state index in [1.807, 2.05) is 19.9 Å². The highest BCUT2D eigenvalue weighted by Crippen LogP contribution is 2.24. The van der Waals surface area contributed by atoms with Crippen molar-refractivity contribution < 1.29 is 21.6 Å². The van der Waals surface area contributed by atoms with Crippen molar-refractivity contribution >= 4 is 54.6 Å². The molecule has 0 radical (unpaired) electrons. The van der Waals surface area contributed by atoms with Gasteiger partial charge in [0.2, 0.25) is 0 Å². The van der Waals surface area contributed by atoms with Gasteiger partial charge in [0.05, 0.1) is 15.5 Å². The van der Waals surface area contributed by atoms with Gasteiger partial charge in [0.15, 0.2) is 0 Å². The molecule has 202 valence electrons. The van der Waals surface area contributed by atoms with Crippen LogP contribution in [0.15, 0.2) is 94.7 Å². The number of rotatable bonds is 8. The standard InChI is InChI=1S/C28H26ClN3O5S2/c1-18-8-10-25(15-20(18)3)32-39(36,37)27-16-21(9-7-19(27)2)28(33)30-23-11-13-26(14-12-23)38(34,35)31-24-6-4-5-22(29)17-24/h4-17,31-32H,1-3H3,(H,30,33). The van der Waals surface area contributed by atoms with Crippen molar-refractivity contribution in [3.63, 3.8) is 0 Å². The van der Waals surface area contributed by atoms with Crippen LogP contribution in [0.5, 0.6) is 0 Å². The van der Waals surface area contributed by atoms with Gasteiger partial charge in [0, 0.05) is 22.0 Å². The normalized spacial score (nSPS) is 11.6. The number of nitrogens with one attached hydrogen (secondary N) is 3. The number of anilines is 3. The molecule has 8 nitrogen and oxygen atoms in total. The highest BCUT2D eigenvalue weighted by molar-refractivity contribution is 7.93. The molecule has 0 aromatic heterocycles. The van der Waals surface area contributed by atoms with Gasteiger partial charge < -0.3 is 5.32 Å². The summed E-state index contributed by atoms with van der Waals surface area (Å²) >= 11 is 5.92. The first-order valence-corrected chi connectivity index (χ1v) is 15.1. The predicted octanol–water partition coefficient (Wildman–Crippen LogP) is 6.12.